The van der Waals surface area contributed by atoms with Gasteiger partial charge in [0.1, 0.15) is 5.82 Å². The van der Waals surface area contributed by atoms with E-state index in [0.717, 1.165) is 18.7 Å². The van der Waals surface area contributed by atoms with Gasteiger partial charge in [-0.3, -0.25) is 9.59 Å². The van der Waals surface area contributed by atoms with Crippen molar-refractivity contribution in [2.24, 2.45) is 0 Å². The minimum atomic E-state index is -1.62. The number of amides is 2. The normalized spacial score (nSPS) is 14.3. The highest BCUT2D eigenvalue weighted by molar-refractivity contribution is 7.85. The van der Waals surface area contributed by atoms with Gasteiger partial charge in [-0.05, 0) is 66.6 Å². The first-order valence-electron chi connectivity index (χ1n) is 12.7. The summed E-state index contributed by atoms with van der Waals surface area (Å²) in [4.78, 5) is 31.3. The Labute approximate surface area is 229 Å². The molecule has 1 N–H and O–H groups in total. The standard InChI is InChI=1S/C31H28FN3O3S/c1-34(25-8-3-2-4-9-25)19-7-18-33-30(36)23-14-17-29-27(20-23)35(21-22-12-15-24(32)16-13-22)31(37)26-10-5-6-11-28(26)39(29)38/h2-6,8-17,20H,7,18-19,21H2,1H3,(H,33,36)/t39-/m0/s1. The summed E-state index contributed by atoms with van der Waals surface area (Å²) in [5.74, 6) is -0.980. The van der Waals surface area contributed by atoms with Crippen LogP contribution in [0.5, 0.6) is 0 Å². The molecule has 1 atom stereocenters. The van der Waals surface area contributed by atoms with Crippen LogP contribution in [0.4, 0.5) is 15.8 Å². The van der Waals surface area contributed by atoms with Gasteiger partial charge in [0.25, 0.3) is 11.8 Å². The van der Waals surface area contributed by atoms with Gasteiger partial charge in [-0.15, -0.1) is 0 Å². The van der Waals surface area contributed by atoms with E-state index in [9.17, 15) is 18.2 Å². The summed E-state index contributed by atoms with van der Waals surface area (Å²) in [5.41, 5.74) is 2.91. The molecule has 4 aromatic carbocycles. The molecule has 0 fully saturated rings. The molecule has 1 aliphatic heterocycles. The highest BCUT2D eigenvalue weighted by Crippen LogP contribution is 2.36. The van der Waals surface area contributed by atoms with Gasteiger partial charge in [-0.1, -0.05) is 42.5 Å². The van der Waals surface area contributed by atoms with E-state index in [1.807, 2.05) is 37.4 Å². The number of fused-ring (bicyclic) bond motifs is 2. The van der Waals surface area contributed by atoms with Gasteiger partial charge in [0.15, 0.2) is 0 Å². The lowest BCUT2D eigenvalue weighted by Crippen LogP contribution is -2.31. The summed E-state index contributed by atoms with van der Waals surface area (Å²) in [6, 6.07) is 27.6. The molecule has 0 saturated carbocycles. The SMILES string of the molecule is CN(CCCNC(=O)c1ccc2c(c1)N(Cc1ccc(F)cc1)C(=O)c1ccccc1[S@@]2=O)c1ccccc1. The molecule has 0 aliphatic carbocycles. The predicted molar refractivity (Wildman–Crippen MR) is 151 cm³/mol. The van der Waals surface area contributed by atoms with Crippen molar-refractivity contribution in [2.75, 3.05) is 29.9 Å². The van der Waals surface area contributed by atoms with Crippen molar-refractivity contribution < 1.29 is 18.2 Å². The van der Waals surface area contributed by atoms with E-state index in [2.05, 4.69) is 10.2 Å². The zero-order valence-corrected chi connectivity index (χ0v) is 22.3. The first-order chi connectivity index (χ1) is 18.9. The quantitative estimate of drug-likeness (QED) is 0.303. The predicted octanol–water partition coefficient (Wildman–Crippen LogP) is 5.41. The topological polar surface area (TPSA) is 69.7 Å². The number of nitrogens with zero attached hydrogens (tertiary/aromatic N) is 2. The minimum absolute atomic E-state index is 0.133. The van der Waals surface area contributed by atoms with E-state index in [4.69, 9.17) is 0 Å². The van der Waals surface area contributed by atoms with Crippen molar-refractivity contribution >= 4 is 34.0 Å². The Morgan fingerprint density at radius 1 is 0.923 bits per heavy atom. The van der Waals surface area contributed by atoms with Gasteiger partial charge < -0.3 is 15.1 Å². The third-order valence-corrected chi connectivity index (χ3v) is 8.18. The van der Waals surface area contributed by atoms with E-state index in [0.29, 0.717) is 38.7 Å². The van der Waals surface area contributed by atoms with Gasteiger partial charge in [-0.25, -0.2) is 8.60 Å². The van der Waals surface area contributed by atoms with Gasteiger partial charge in [-0.2, -0.15) is 0 Å². The smallest absolute Gasteiger partial charge is 0.259 e. The molecule has 0 saturated heterocycles. The highest BCUT2D eigenvalue weighted by Gasteiger charge is 2.31. The van der Waals surface area contributed by atoms with Crippen molar-refractivity contribution in [1.29, 1.82) is 0 Å². The number of hydrogen-bond acceptors (Lipinski definition) is 4. The average molecular weight is 542 g/mol. The molecule has 5 rings (SSSR count). The van der Waals surface area contributed by atoms with Crippen molar-refractivity contribution in [3.05, 3.63) is 120 Å². The van der Waals surface area contributed by atoms with E-state index in [1.165, 1.54) is 17.0 Å². The van der Waals surface area contributed by atoms with Crippen molar-refractivity contribution in [1.82, 2.24) is 5.32 Å². The number of anilines is 2. The summed E-state index contributed by atoms with van der Waals surface area (Å²) in [5, 5.41) is 2.95. The molecule has 0 aromatic heterocycles. The number of rotatable bonds is 8. The molecule has 1 aliphatic rings. The molecule has 6 nitrogen and oxygen atoms in total. The Balaban J connectivity index is 1.38. The van der Waals surface area contributed by atoms with Crippen LogP contribution in [0.1, 0.15) is 32.7 Å². The summed E-state index contributed by atoms with van der Waals surface area (Å²) >= 11 is 0. The molecule has 0 unspecified atom stereocenters. The first kappa shape index (κ1) is 26.3. The molecule has 8 heteroatoms. The lowest BCUT2D eigenvalue weighted by Gasteiger charge is -2.24. The monoisotopic (exact) mass is 541 g/mol. The van der Waals surface area contributed by atoms with Gasteiger partial charge in [0.2, 0.25) is 0 Å². The Morgan fingerprint density at radius 3 is 2.41 bits per heavy atom. The van der Waals surface area contributed by atoms with Crippen LogP contribution in [0.3, 0.4) is 0 Å². The number of hydrogen-bond donors (Lipinski definition) is 1. The van der Waals surface area contributed by atoms with E-state index >= 15 is 0 Å². The first-order valence-corrected chi connectivity index (χ1v) is 13.8. The number of carbonyl (C=O) groups is 2. The third-order valence-electron chi connectivity index (χ3n) is 6.68. The van der Waals surface area contributed by atoms with E-state index < -0.39 is 10.8 Å². The Bertz CT molecular complexity index is 1530. The zero-order valence-electron chi connectivity index (χ0n) is 21.5. The highest BCUT2D eigenvalue weighted by atomic mass is 32.2. The van der Waals surface area contributed by atoms with Crippen LogP contribution >= 0.6 is 0 Å². The maximum Gasteiger partial charge on any atom is 0.259 e. The lowest BCUT2D eigenvalue weighted by molar-refractivity contribution is 0.0949. The molecule has 0 bridgehead atoms. The molecule has 2 amide bonds. The summed E-state index contributed by atoms with van der Waals surface area (Å²) < 4.78 is 27.1. The van der Waals surface area contributed by atoms with E-state index in [1.54, 1.807) is 54.6 Å². The van der Waals surface area contributed by atoms with Crippen LogP contribution < -0.4 is 15.1 Å². The van der Waals surface area contributed by atoms with Gasteiger partial charge in [0.05, 0.1) is 38.4 Å². The molecule has 198 valence electrons. The average Bonchev–Trinajstić information content (AvgIpc) is 3.06. The fraction of sp³-hybridized carbons (Fsp3) is 0.161. The number of carbonyl (C=O) groups excluding carboxylic acids is 2. The second kappa shape index (κ2) is 11.6. The van der Waals surface area contributed by atoms with Crippen molar-refractivity contribution in [3.63, 3.8) is 0 Å². The molecule has 1 heterocycles. The molecule has 4 aromatic rings. The second-order valence-corrected chi connectivity index (χ2v) is 10.7. The minimum Gasteiger partial charge on any atom is -0.375 e. The van der Waals surface area contributed by atoms with Crippen LogP contribution in [-0.2, 0) is 17.3 Å². The zero-order chi connectivity index (χ0) is 27.4. The number of halogens is 1. The van der Waals surface area contributed by atoms with Crippen LogP contribution in [-0.4, -0.2) is 36.2 Å². The van der Waals surface area contributed by atoms with Gasteiger partial charge >= 0.3 is 0 Å². The molecular weight excluding hydrogens is 513 g/mol. The van der Waals surface area contributed by atoms with Crippen LogP contribution in [0.15, 0.2) is 107 Å². The Kier molecular flexibility index (Phi) is 7.84. The Hall–Kier alpha value is -4.30. The van der Waals surface area contributed by atoms with Crippen LogP contribution in [0.25, 0.3) is 0 Å². The van der Waals surface area contributed by atoms with Crippen LogP contribution in [0, 0.1) is 5.82 Å². The maximum atomic E-state index is 13.7. The molecular formula is C31H28FN3O3S. The third kappa shape index (κ3) is 5.76. The largest absolute Gasteiger partial charge is 0.375 e. The fourth-order valence-corrected chi connectivity index (χ4v) is 5.91. The van der Waals surface area contributed by atoms with Crippen LogP contribution in [0.2, 0.25) is 0 Å². The van der Waals surface area contributed by atoms with Crippen molar-refractivity contribution in [3.8, 4) is 0 Å². The number of nitrogens with one attached hydrogen (secondary N) is 1. The lowest BCUT2D eigenvalue weighted by atomic mass is 10.1. The summed E-state index contributed by atoms with van der Waals surface area (Å²) in [7, 11) is 0.386. The van der Waals surface area contributed by atoms with E-state index in [-0.39, 0.29) is 24.2 Å². The maximum absolute atomic E-state index is 13.7. The molecule has 39 heavy (non-hydrogen) atoms. The van der Waals surface area contributed by atoms with Gasteiger partial charge in [0, 0.05) is 31.4 Å². The summed E-state index contributed by atoms with van der Waals surface area (Å²) in [6.45, 7) is 1.38. The molecule has 0 spiro atoms. The second-order valence-electron chi connectivity index (χ2n) is 9.33. The summed E-state index contributed by atoms with van der Waals surface area (Å²) in [6.07, 6.45) is 0.747. The number of benzene rings is 4. The Morgan fingerprint density at radius 2 is 1.64 bits per heavy atom. The number of para-hydroxylation sites is 1. The van der Waals surface area contributed by atoms with Crippen molar-refractivity contribution in [2.45, 2.75) is 22.8 Å². The fourth-order valence-electron chi connectivity index (χ4n) is 4.57. The molecule has 0 radical (unpaired) electrons.